The maximum absolute atomic E-state index is 12.7. The lowest BCUT2D eigenvalue weighted by atomic mass is 9.99. The highest BCUT2D eigenvalue weighted by molar-refractivity contribution is 7.89. The second kappa shape index (κ2) is 5.64. The summed E-state index contributed by atoms with van der Waals surface area (Å²) < 4.78 is 26.7. The Balaban J connectivity index is 1.94. The molecule has 0 radical (unpaired) electrons. The molecule has 1 aliphatic rings. The summed E-state index contributed by atoms with van der Waals surface area (Å²) in [4.78, 5) is 10.8. The van der Waals surface area contributed by atoms with Gasteiger partial charge >= 0.3 is 0 Å². The molecule has 1 aliphatic heterocycles. The summed E-state index contributed by atoms with van der Waals surface area (Å²) in [5.41, 5.74) is 7.41. The first kappa shape index (κ1) is 15.4. The van der Waals surface area contributed by atoms with Gasteiger partial charge in [0.25, 0.3) is 5.69 Å². The van der Waals surface area contributed by atoms with Crippen molar-refractivity contribution in [3.8, 4) is 0 Å². The van der Waals surface area contributed by atoms with Gasteiger partial charge in [-0.3, -0.25) is 10.1 Å². The number of rotatable bonds is 3. The van der Waals surface area contributed by atoms with E-state index in [-0.39, 0.29) is 23.7 Å². The molecule has 23 heavy (non-hydrogen) atoms. The lowest BCUT2D eigenvalue weighted by Gasteiger charge is -2.27. The summed E-state index contributed by atoms with van der Waals surface area (Å²) >= 11 is 0. The number of nitrogens with two attached hydrogens (primary N) is 1. The Morgan fingerprint density at radius 2 is 1.83 bits per heavy atom. The SMILES string of the molecule is Nc1ccc(S(=O)(=O)N2CCc3c(cccc3[N+](=O)[O-])C2)cc1. The Hall–Kier alpha value is -2.45. The van der Waals surface area contributed by atoms with Crippen LogP contribution < -0.4 is 5.73 Å². The molecule has 0 saturated carbocycles. The number of nitro benzene ring substituents is 1. The van der Waals surface area contributed by atoms with Crippen molar-refractivity contribution in [1.82, 2.24) is 4.31 Å². The molecule has 2 aromatic carbocycles. The number of fused-ring (bicyclic) bond motifs is 1. The Morgan fingerprint density at radius 1 is 1.13 bits per heavy atom. The third kappa shape index (κ3) is 2.78. The second-order valence-corrected chi connectivity index (χ2v) is 7.27. The minimum atomic E-state index is -3.65. The Morgan fingerprint density at radius 3 is 2.48 bits per heavy atom. The summed E-state index contributed by atoms with van der Waals surface area (Å²) in [6, 6.07) is 10.8. The van der Waals surface area contributed by atoms with Crippen LogP contribution in [-0.4, -0.2) is 24.2 Å². The normalized spacial score (nSPS) is 15.1. The molecule has 3 rings (SSSR count). The Bertz CT molecular complexity index is 863. The van der Waals surface area contributed by atoms with Crippen molar-refractivity contribution < 1.29 is 13.3 Å². The highest BCUT2D eigenvalue weighted by Gasteiger charge is 2.31. The summed E-state index contributed by atoms with van der Waals surface area (Å²) in [6.45, 7) is 0.342. The molecule has 2 aromatic rings. The van der Waals surface area contributed by atoms with Gasteiger partial charge < -0.3 is 5.73 Å². The first-order valence-electron chi connectivity index (χ1n) is 7.00. The molecule has 0 aliphatic carbocycles. The van der Waals surface area contributed by atoms with E-state index < -0.39 is 14.9 Å². The smallest absolute Gasteiger partial charge is 0.272 e. The quantitative estimate of drug-likeness (QED) is 0.525. The zero-order valence-corrected chi connectivity index (χ0v) is 13.0. The van der Waals surface area contributed by atoms with Gasteiger partial charge in [0.2, 0.25) is 10.0 Å². The van der Waals surface area contributed by atoms with Crippen molar-refractivity contribution in [3.05, 3.63) is 63.7 Å². The van der Waals surface area contributed by atoms with Crippen molar-refractivity contribution in [2.45, 2.75) is 17.9 Å². The predicted octanol–water partition coefficient (Wildman–Crippen LogP) is 1.92. The van der Waals surface area contributed by atoms with Gasteiger partial charge in [0.15, 0.2) is 0 Å². The summed E-state index contributed by atoms with van der Waals surface area (Å²) in [6.07, 6.45) is 0.320. The van der Waals surface area contributed by atoms with Crippen molar-refractivity contribution in [1.29, 1.82) is 0 Å². The van der Waals surface area contributed by atoms with Crippen molar-refractivity contribution >= 4 is 21.4 Å². The van der Waals surface area contributed by atoms with E-state index in [0.29, 0.717) is 23.2 Å². The minimum Gasteiger partial charge on any atom is -0.399 e. The molecule has 0 spiro atoms. The van der Waals surface area contributed by atoms with Crippen LogP contribution in [0.2, 0.25) is 0 Å². The van der Waals surface area contributed by atoms with E-state index in [1.54, 1.807) is 12.1 Å². The Kier molecular flexibility index (Phi) is 3.78. The number of nitro groups is 1. The first-order valence-corrected chi connectivity index (χ1v) is 8.44. The minimum absolute atomic E-state index is 0.0482. The van der Waals surface area contributed by atoms with Crippen LogP contribution in [0.4, 0.5) is 11.4 Å². The molecule has 0 atom stereocenters. The summed E-state index contributed by atoms with van der Waals surface area (Å²) in [5, 5.41) is 11.1. The molecular formula is C15H15N3O4S. The lowest BCUT2D eigenvalue weighted by molar-refractivity contribution is -0.385. The van der Waals surface area contributed by atoms with E-state index in [1.165, 1.54) is 34.6 Å². The van der Waals surface area contributed by atoms with Gasteiger partial charge in [-0.1, -0.05) is 12.1 Å². The van der Waals surface area contributed by atoms with E-state index in [9.17, 15) is 18.5 Å². The third-order valence-corrected chi connectivity index (χ3v) is 5.78. The van der Waals surface area contributed by atoms with Crippen LogP contribution in [0.3, 0.4) is 0 Å². The number of anilines is 1. The Labute approximate surface area is 133 Å². The highest BCUT2D eigenvalue weighted by Crippen LogP contribution is 2.30. The first-order chi connectivity index (χ1) is 10.9. The zero-order valence-electron chi connectivity index (χ0n) is 12.2. The number of sulfonamides is 1. The van der Waals surface area contributed by atoms with Gasteiger partial charge in [0.05, 0.1) is 9.82 Å². The fourth-order valence-corrected chi connectivity index (χ4v) is 4.15. The van der Waals surface area contributed by atoms with Crippen molar-refractivity contribution in [2.24, 2.45) is 0 Å². The van der Waals surface area contributed by atoms with E-state index in [2.05, 4.69) is 0 Å². The van der Waals surface area contributed by atoms with Crippen molar-refractivity contribution in [3.63, 3.8) is 0 Å². The number of nitrogens with zero attached hydrogens (tertiary/aromatic N) is 2. The zero-order chi connectivity index (χ0) is 16.6. The van der Waals surface area contributed by atoms with E-state index in [1.807, 2.05) is 0 Å². The monoisotopic (exact) mass is 333 g/mol. The fraction of sp³-hybridized carbons (Fsp3) is 0.200. The maximum Gasteiger partial charge on any atom is 0.272 e. The average Bonchev–Trinajstić information content (AvgIpc) is 2.54. The van der Waals surface area contributed by atoms with Crippen LogP contribution in [0.15, 0.2) is 47.4 Å². The van der Waals surface area contributed by atoms with Gasteiger partial charge in [-0.25, -0.2) is 8.42 Å². The molecule has 0 bridgehead atoms. The molecular weight excluding hydrogens is 318 g/mol. The molecule has 0 aromatic heterocycles. The molecule has 0 saturated heterocycles. The van der Waals surface area contributed by atoms with E-state index in [4.69, 9.17) is 5.73 Å². The molecule has 2 N–H and O–H groups in total. The van der Waals surface area contributed by atoms with Gasteiger partial charge in [-0.2, -0.15) is 4.31 Å². The van der Waals surface area contributed by atoms with Crippen LogP contribution in [0, 0.1) is 10.1 Å². The second-order valence-electron chi connectivity index (χ2n) is 5.33. The molecule has 0 fully saturated rings. The van der Waals surface area contributed by atoms with Crippen LogP contribution in [0.1, 0.15) is 11.1 Å². The van der Waals surface area contributed by atoms with Gasteiger partial charge in [-0.15, -0.1) is 0 Å². The number of nitrogen functional groups attached to an aromatic ring is 1. The standard InChI is InChI=1S/C15H15N3O4S/c16-12-4-6-13(7-5-12)23(21,22)17-9-8-14-11(10-17)2-1-3-15(14)18(19)20/h1-7H,8-10,16H2. The average molecular weight is 333 g/mol. The van der Waals surface area contributed by atoms with E-state index in [0.717, 1.165) is 0 Å². The summed E-state index contributed by atoms with van der Waals surface area (Å²) in [5.74, 6) is 0. The van der Waals surface area contributed by atoms with Crippen LogP contribution in [0.25, 0.3) is 0 Å². The van der Waals surface area contributed by atoms with Crippen LogP contribution in [0.5, 0.6) is 0 Å². The third-order valence-electron chi connectivity index (χ3n) is 3.92. The number of benzene rings is 2. The molecule has 7 nitrogen and oxygen atoms in total. The van der Waals surface area contributed by atoms with Crippen molar-refractivity contribution in [2.75, 3.05) is 12.3 Å². The molecule has 8 heteroatoms. The number of hydrogen-bond acceptors (Lipinski definition) is 5. The molecule has 120 valence electrons. The fourth-order valence-electron chi connectivity index (χ4n) is 2.73. The van der Waals surface area contributed by atoms with Gasteiger partial charge in [0.1, 0.15) is 0 Å². The highest BCUT2D eigenvalue weighted by atomic mass is 32.2. The van der Waals surface area contributed by atoms with Gasteiger partial charge in [-0.05, 0) is 36.2 Å². The lowest BCUT2D eigenvalue weighted by Crippen LogP contribution is -2.36. The maximum atomic E-state index is 12.7. The summed E-state index contributed by atoms with van der Waals surface area (Å²) in [7, 11) is -3.65. The van der Waals surface area contributed by atoms with Crippen LogP contribution >= 0.6 is 0 Å². The molecule has 1 heterocycles. The van der Waals surface area contributed by atoms with E-state index >= 15 is 0 Å². The molecule has 0 amide bonds. The molecule has 0 unspecified atom stereocenters. The van der Waals surface area contributed by atoms with Crippen LogP contribution in [-0.2, 0) is 23.0 Å². The largest absolute Gasteiger partial charge is 0.399 e. The topological polar surface area (TPSA) is 107 Å². The van der Waals surface area contributed by atoms with Gasteiger partial charge in [0, 0.05) is 30.4 Å². The number of hydrogen-bond donors (Lipinski definition) is 1. The predicted molar refractivity (Wildman–Crippen MR) is 85.3 cm³/mol.